The molecule has 0 amide bonds. The summed E-state index contributed by atoms with van der Waals surface area (Å²) in [7, 11) is 1.54. The van der Waals surface area contributed by atoms with Crippen LogP contribution < -0.4 is 4.84 Å². The van der Waals surface area contributed by atoms with Crippen molar-refractivity contribution in [3.63, 3.8) is 0 Å². The van der Waals surface area contributed by atoms with Crippen LogP contribution in [0.3, 0.4) is 0 Å². The Bertz CT molecular complexity index is 314. The zero-order chi connectivity index (χ0) is 11.3. The summed E-state index contributed by atoms with van der Waals surface area (Å²) < 4.78 is 5.42. The van der Waals surface area contributed by atoms with Gasteiger partial charge in [-0.3, -0.25) is 0 Å². The van der Waals surface area contributed by atoms with Crippen molar-refractivity contribution in [1.82, 2.24) is 4.73 Å². The van der Waals surface area contributed by atoms with Crippen LogP contribution in [0, 0.1) is 0 Å². The molecule has 6 nitrogen and oxygen atoms in total. The zero-order valence-corrected chi connectivity index (χ0v) is 8.34. The van der Waals surface area contributed by atoms with Gasteiger partial charge in [0.15, 0.2) is 0 Å². The summed E-state index contributed by atoms with van der Waals surface area (Å²) in [5, 5.41) is 18.3. The molecule has 0 bridgehead atoms. The van der Waals surface area contributed by atoms with E-state index in [4.69, 9.17) is 14.9 Å². The molecule has 6 heteroatoms. The van der Waals surface area contributed by atoms with E-state index in [1.807, 2.05) is 0 Å². The number of hydrogen-bond acceptors (Lipinski definition) is 5. The number of aromatic hydroxyl groups is 2. The SMILES string of the molecule is COCCCC(=O)On1c(O)ccc1O. The molecule has 0 spiro atoms. The molecule has 0 fully saturated rings. The number of hydrogen-bond donors (Lipinski definition) is 2. The van der Waals surface area contributed by atoms with Crippen LogP contribution >= 0.6 is 0 Å². The van der Waals surface area contributed by atoms with Crippen molar-refractivity contribution in [2.75, 3.05) is 13.7 Å². The smallest absolute Gasteiger partial charge is 0.333 e. The lowest BCUT2D eigenvalue weighted by Crippen LogP contribution is -2.19. The summed E-state index contributed by atoms with van der Waals surface area (Å²) >= 11 is 0. The third-order valence-corrected chi connectivity index (χ3v) is 1.72. The molecule has 0 aliphatic rings. The van der Waals surface area contributed by atoms with Crippen molar-refractivity contribution < 1.29 is 24.6 Å². The molecule has 0 atom stereocenters. The normalized spacial score (nSPS) is 10.2. The molecule has 0 radical (unpaired) electrons. The molecule has 1 aromatic rings. The molecule has 0 aliphatic carbocycles. The predicted molar refractivity (Wildman–Crippen MR) is 50.5 cm³/mol. The Balaban J connectivity index is 2.44. The van der Waals surface area contributed by atoms with Crippen LogP contribution in [-0.4, -0.2) is 34.6 Å². The standard InChI is InChI=1S/C9H13NO5/c1-14-6-2-3-9(13)15-10-7(11)4-5-8(10)12/h4-5,11-12H,2-3,6H2,1H3. The van der Waals surface area contributed by atoms with Gasteiger partial charge in [-0.25, -0.2) is 4.79 Å². The van der Waals surface area contributed by atoms with E-state index in [0.717, 1.165) is 0 Å². The largest absolute Gasteiger partial charge is 0.492 e. The first kappa shape index (κ1) is 11.4. The van der Waals surface area contributed by atoms with Gasteiger partial charge in [-0.15, -0.1) is 4.73 Å². The molecule has 1 rings (SSSR count). The first-order chi connectivity index (χ1) is 7.15. The van der Waals surface area contributed by atoms with E-state index in [0.29, 0.717) is 17.8 Å². The Morgan fingerprint density at radius 1 is 1.40 bits per heavy atom. The van der Waals surface area contributed by atoms with Crippen LogP contribution in [0.4, 0.5) is 0 Å². The molecule has 0 saturated carbocycles. The second kappa shape index (κ2) is 5.26. The van der Waals surface area contributed by atoms with Crippen LogP contribution in [0.25, 0.3) is 0 Å². The molecular weight excluding hydrogens is 202 g/mol. The summed E-state index contributed by atoms with van der Waals surface area (Å²) in [6.45, 7) is 0.457. The monoisotopic (exact) mass is 215 g/mol. The van der Waals surface area contributed by atoms with Crippen LogP contribution in [0.2, 0.25) is 0 Å². The highest BCUT2D eigenvalue weighted by Crippen LogP contribution is 2.18. The molecule has 84 valence electrons. The summed E-state index contributed by atoms with van der Waals surface area (Å²) in [6, 6.07) is 2.44. The lowest BCUT2D eigenvalue weighted by molar-refractivity contribution is -0.145. The van der Waals surface area contributed by atoms with Gasteiger partial charge in [0.1, 0.15) is 0 Å². The van der Waals surface area contributed by atoms with E-state index in [1.54, 1.807) is 0 Å². The third-order valence-electron chi connectivity index (χ3n) is 1.72. The Hall–Kier alpha value is -1.69. The molecule has 1 heterocycles. The van der Waals surface area contributed by atoms with Gasteiger partial charge in [-0.2, -0.15) is 0 Å². The average molecular weight is 215 g/mol. The molecule has 0 unspecified atom stereocenters. The van der Waals surface area contributed by atoms with Crippen molar-refractivity contribution in [1.29, 1.82) is 0 Å². The van der Waals surface area contributed by atoms with Crippen LogP contribution in [0.15, 0.2) is 12.1 Å². The third kappa shape index (κ3) is 3.17. The first-order valence-electron chi connectivity index (χ1n) is 4.45. The van der Waals surface area contributed by atoms with Gasteiger partial charge in [0.25, 0.3) is 0 Å². The molecular formula is C9H13NO5. The van der Waals surface area contributed by atoms with Crippen molar-refractivity contribution in [2.45, 2.75) is 12.8 Å². The number of aromatic nitrogens is 1. The summed E-state index contributed by atoms with van der Waals surface area (Å²) in [6.07, 6.45) is 0.684. The second-order valence-electron chi connectivity index (χ2n) is 2.90. The minimum Gasteiger partial charge on any atom is -0.492 e. The fourth-order valence-electron chi connectivity index (χ4n) is 1.00. The van der Waals surface area contributed by atoms with E-state index in [1.165, 1.54) is 19.2 Å². The maximum atomic E-state index is 11.2. The van der Waals surface area contributed by atoms with Crippen LogP contribution in [-0.2, 0) is 9.53 Å². The predicted octanol–water partition coefficient (Wildman–Crippen LogP) is 0.281. The van der Waals surface area contributed by atoms with Gasteiger partial charge in [0.2, 0.25) is 11.8 Å². The summed E-state index contributed by atoms with van der Waals surface area (Å²) in [5.74, 6) is -1.20. The maximum Gasteiger partial charge on any atom is 0.333 e. The van der Waals surface area contributed by atoms with E-state index in [2.05, 4.69) is 4.84 Å². The van der Waals surface area contributed by atoms with Crippen molar-refractivity contribution in [3.8, 4) is 11.8 Å². The minimum atomic E-state index is -0.547. The van der Waals surface area contributed by atoms with Gasteiger partial charge in [-0.1, -0.05) is 0 Å². The Morgan fingerprint density at radius 2 is 2.00 bits per heavy atom. The number of carbonyl (C=O) groups is 1. The number of rotatable bonds is 5. The minimum absolute atomic E-state index is 0.158. The first-order valence-corrected chi connectivity index (χ1v) is 4.45. The lowest BCUT2D eigenvalue weighted by Gasteiger charge is -2.06. The summed E-state index contributed by atoms with van der Waals surface area (Å²) in [5.41, 5.74) is 0. The highest BCUT2D eigenvalue weighted by atomic mass is 16.7. The van der Waals surface area contributed by atoms with Gasteiger partial charge < -0.3 is 19.8 Å². The van der Waals surface area contributed by atoms with Gasteiger partial charge in [0.05, 0.1) is 6.42 Å². The van der Waals surface area contributed by atoms with Crippen molar-refractivity contribution in [2.24, 2.45) is 0 Å². The Labute approximate surface area is 86.6 Å². The van der Waals surface area contributed by atoms with Gasteiger partial charge >= 0.3 is 5.97 Å². The zero-order valence-electron chi connectivity index (χ0n) is 8.34. The quantitative estimate of drug-likeness (QED) is 0.689. The highest BCUT2D eigenvalue weighted by Gasteiger charge is 2.11. The highest BCUT2D eigenvalue weighted by molar-refractivity contribution is 5.69. The van der Waals surface area contributed by atoms with E-state index < -0.39 is 5.97 Å². The van der Waals surface area contributed by atoms with E-state index >= 15 is 0 Å². The number of carbonyl (C=O) groups excluding carboxylic acids is 1. The molecule has 2 N–H and O–H groups in total. The van der Waals surface area contributed by atoms with Crippen molar-refractivity contribution in [3.05, 3.63) is 12.1 Å². The molecule has 1 aromatic heterocycles. The van der Waals surface area contributed by atoms with E-state index in [9.17, 15) is 4.79 Å². The number of nitrogens with zero attached hydrogens (tertiary/aromatic N) is 1. The fourth-order valence-corrected chi connectivity index (χ4v) is 1.00. The van der Waals surface area contributed by atoms with Gasteiger partial charge in [0, 0.05) is 25.8 Å². The number of ether oxygens (including phenoxy) is 1. The fraction of sp³-hybridized carbons (Fsp3) is 0.444. The Morgan fingerprint density at radius 3 is 2.53 bits per heavy atom. The second-order valence-corrected chi connectivity index (χ2v) is 2.90. The Kier molecular flexibility index (Phi) is 3.99. The lowest BCUT2D eigenvalue weighted by atomic mass is 10.3. The molecule has 0 saturated heterocycles. The summed E-state index contributed by atoms with van der Waals surface area (Å²) in [4.78, 5) is 15.9. The van der Waals surface area contributed by atoms with Crippen molar-refractivity contribution >= 4 is 5.97 Å². The van der Waals surface area contributed by atoms with E-state index in [-0.39, 0.29) is 18.2 Å². The molecule has 0 aliphatic heterocycles. The maximum absolute atomic E-state index is 11.2. The number of methoxy groups -OCH3 is 1. The van der Waals surface area contributed by atoms with Gasteiger partial charge in [-0.05, 0) is 6.42 Å². The van der Waals surface area contributed by atoms with Crippen LogP contribution in [0.5, 0.6) is 11.8 Å². The molecule has 15 heavy (non-hydrogen) atoms. The molecule has 0 aromatic carbocycles. The van der Waals surface area contributed by atoms with Crippen LogP contribution in [0.1, 0.15) is 12.8 Å². The average Bonchev–Trinajstić information content (AvgIpc) is 2.50. The topological polar surface area (TPSA) is 80.9 Å².